The molecule has 74 heavy (non-hydrogen) atoms. The zero-order valence-corrected chi connectivity index (χ0v) is 47.6. The molecule has 0 bridgehead atoms. The molecule has 1 rings (SSSR count). The third-order valence-corrected chi connectivity index (χ3v) is 14.8. The van der Waals surface area contributed by atoms with Gasteiger partial charge in [-0.2, -0.15) is 0 Å². The maximum Gasteiger partial charge on any atom is 0.249 e. The Morgan fingerprint density at radius 3 is 1.23 bits per heavy atom. The summed E-state index contributed by atoms with van der Waals surface area (Å²) >= 11 is 0. The lowest BCUT2D eigenvalue weighted by molar-refractivity contribution is -0.303. The molecule has 11 heteroatoms. The molecule has 0 saturated carbocycles. The molecule has 0 radical (unpaired) electrons. The number of nitrogens with one attached hydrogen (secondary N) is 1. The van der Waals surface area contributed by atoms with E-state index in [0.717, 1.165) is 44.9 Å². The van der Waals surface area contributed by atoms with Gasteiger partial charge in [0.2, 0.25) is 5.91 Å². The number of rotatable bonds is 53. The maximum absolute atomic E-state index is 13.2. The van der Waals surface area contributed by atoms with Gasteiger partial charge in [0.25, 0.3) is 0 Å². The van der Waals surface area contributed by atoms with Gasteiger partial charge >= 0.3 is 0 Å². The summed E-state index contributed by atoms with van der Waals surface area (Å²) in [6.45, 7) is 3.42. The van der Waals surface area contributed by atoms with E-state index in [1.54, 1.807) is 0 Å². The molecule has 9 unspecified atom stereocenters. The normalized spacial score (nSPS) is 20.1. The van der Waals surface area contributed by atoms with Crippen molar-refractivity contribution < 1.29 is 50.0 Å². The first kappa shape index (κ1) is 70.1. The Labute approximate surface area is 453 Å². The predicted octanol–water partition coefficient (Wildman–Crippen LogP) is 13.6. The number of carbonyl (C=O) groups excluding carboxylic acids is 1. The van der Waals surface area contributed by atoms with E-state index in [2.05, 4.69) is 67.8 Å². The Balaban J connectivity index is 2.23. The van der Waals surface area contributed by atoms with Gasteiger partial charge in [0.05, 0.1) is 25.4 Å². The fourth-order valence-corrected chi connectivity index (χ4v) is 9.76. The minimum absolute atomic E-state index is 0.241. The van der Waals surface area contributed by atoms with Gasteiger partial charge < -0.3 is 50.5 Å². The van der Waals surface area contributed by atoms with Crippen LogP contribution >= 0.6 is 0 Å². The molecule has 0 aliphatic carbocycles. The number of unbranched alkanes of at least 4 members (excludes halogenated alkanes) is 33. The van der Waals surface area contributed by atoms with Crippen LogP contribution in [0.25, 0.3) is 0 Å². The van der Waals surface area contributed by atoms with Crippen LogP contribution in [0.3, 0.4) is 0 Å². The molecule has 9 atom stereocenters. The SMILES string of the molecule is CCCCC/C=C/CC/C=C/CC/C=C/CCCC(O)C(O)C(COC1OC(CO)C(O)C(O)C1O)NC(=O)C(O)CCCCCCCCCCCCCCCCC/C=C\CCCCCCCCCCCCCC. The lowest BCUT2D eigenvalue weighted by Crippen LogP contribution is -2.60. The van der Waals surface area contributed by atoms with Gasteiger partial charge in [-0.1, -0.05) is 236 Å². The van der Waals surface area contributed by atoms with Gasteiger partial charge in [-0.3, -0.25) is 4.79 Å². The molecule has 1 fully saturated rings. The number of aliphatic hydroxyl groups excluding tert-OH is 7. The molecule has 1 aliphatic rings. The summed E-state index contributed by atoms with van der Waals surface area (Å²) in [5.41, 5.74) is 0. The van der Waals surface area contributed by atoms with Gasteiger partial charge in [-0.05, 0) is 89.9 Å². The second-order valence-corrected chi connectivity index (χ2v) is 21.7. The first-order valence-electron chi connectivity index (χ1n) is 31.0. The average molecular weight is 1050 g/mol. The quantitative estimate of drug-likeness (QED) is 0.0215. The van der Waals surface area contributed by atoms with E-state index in [0.29, 0.717) is 19.3 Å². The monoisotopic (exact) mass is 1050 g/mol. The molecule has 1 heterocycles. The molecule has 8 N–H and O–H groups in total. The van der Waals surface area contributed by atoms with Crippen LogP contribution in [0.2, 0.25) is 0 Å². The molecule has 1 aliphatic heterocycles. The van der Waals surface area contributed by atoms with Crippen molar-refractivity contribution in [3.63, 3.8) is 0 Å². The highest BCUT2D eigenvalue weighted by Crippen LogP contribution is 2.23. The molecule has 11 nitrogen and oxygen atoms in total. The van der Waals surface area contributed by atoms with Gasteiger partial charge in [0, 0.05) is 0 Å². The molecule has 1 saturated heterocycles. The summed E-state index contributed by atoms with van der Waals surface area (Å²) in [7, 11) is 0. The van der Waals surface area contributed by atoms with E-state index < -0.39 is 74.2 Å². The summed E-state index contributed by atoms with van der Waals surface area (Å²) in [6.07, 6.45) is 54.7. The summed E-state index contributed by atoms with van der Waals surface area (Å²) in [5.74, 6) is -0.711. The molecule has 0 spiro atoms. The maximum atomic E-state index is 13.2. The lowest BCUT2D eigenvalue weighted by Gasteiger charge is -2.40. The number of allylic oxidation sites excluding steroid dienone is 8. The molecule has 0 aromatic carbocycles. The van der Waals surface area contributed by atoms with Crippen molar-refractivity contribution in [1.29, 1.82) is 0 Å². The van der Waals surface area contributed by atoms with Crippen molar-refractivity contribution in [2.45, 2.75) is 332 Å². The third kappa shape index (κ3) is 39.4. The van der Waals surface area contributed by atoms with Gasteiger partial charge in [-0.15, -0.1) is 0 Å². The van der Waals surface area contributed by atoms with Crippen molar-refractivity contribution in [2.24, 2.45) is 0 Å². The first-order valence-corrected chi connectivity index (χ1v) is 31.0. The number of amides is 1. The van der Waals surface area contributed by atoms with E-state index >= 15 is 0 Å². The smallest absolute Gasteiger partial charge is 0.249 e. The lowest BCUT2D eigenvalue weighted by atomic mass is 9.98. The van der Waals surface area contributed by atoms with E-state index in [1.807, 2.05) is 0 Å². The number of ether oxygens (including phenoxy) is 2. The highest BCUT2D eigenvalue weighted by Gasteiger charge is 2.44. The van der Waals surface area contributed by atoms with Crippen molar-refractivity contribution in [1.82, 2.24) is 5.32 Å². The summed E-state index contributed by atoms with van der Waals surface area (Å²) in [4.78, 5) is 13.2. The standard InChI is InChI=1S/C63H117NO10/c1-3-5-7-9-11-13-15-17-19-21-22-23-24-25-26-27-28-29-30-31-32-33-34-35-37-39-41-43-45-47-49-51-56(67)62(72)64-54(53-73-63-61(71)60(70)59(69)57(52-65)74-63)58(68)55(66)50-48-46-44-42-40-38-36-20-18-16-14-12-10-8-6-4-2/h12,14,20,25-26,36,42,44,54-61,63,65-71H,3-11,13,15-19,21-24,27-35,37-41,43,45-53H2,1-2H3,(H,64,72)/b14-12+,26-25-,36-20+,44-42+. The third-order valence-electron chi connectivity index (χ3n) is 14.8. The largest absolute Gasteiger partial charge is 0.394 e. The predicted molar refractivity (Wildman–Crippen MR) is 307 cm³/mol. The summed E-state index contributed by atoms with van der Waals surface area (Å²) in [6, 6.07) is -1.19. The van der Waals surface area contributed by atoms with E-state index in [9.17, 15) is 40.5 Å². The fraction of sp³-hybridized carbons (Fsp3) is 0.857. The second kappa shape index (κ2) is 51.8. The molecule has 0 aromatic rings. The van der Waals surface area contributed by atoms with Crippen molar-refractivity contribution >= 4 is 5.91 Å². The molecular weight excluding hydrogens is 931 g/mol. The molecular formula is C63H117NO10. The highest BCUT2D eigenvalue weighted by molar-refractivity contribution is 5.80. The van der Waals surface area contributed by atoms with Gasteiger partial charge in [-0.25, -0.2) is 0 Å². The van der Waals surface area contributed by atoms with Crippen molar-refractivity contribution in [2.75, 3.05) is 13.2 Å². The number of hydrogen-bond acceptors (Lipinski definition) is 10. The zero-order chi connectivity index (χ0) is 54.0. The van der Waals surface area contributed by atoms with E-state index in [4.69, 9.17) is 9.47 Å². The van der Waals surface area contributed by atoms with Crippen LogP contribution in [0.1, 0.15) is 277 Å². The van der Waals surface area contributed by atoms with E-state index in [1.165, 1.54) is 186 Å². The highest BCUT2D eigenvalue weighted by atomic mass is 16.7. The van der Waals surface area contributed by atoms with Gasteiger partial charge in [0.1, 0.15) is 36.6 Å². The van der Waals surface area contributed by atoms with Crippen LogP contribution < -0.4 is 5.32 Å². The number of hydrogen-bond donors (Lipinski definition) is 8. The van der Waals surface area contributed by atoms with Crippen LogP contribution in [0.5, 0.6) is 0 Å². The molecule has 434 valence electrons. The first-order chi connectivity index (χ1) is 36.2. The Morgan fingerprint density at radius 1 is 0.459 bits per heavy atom. The Morgan fingerprint density at radius 2 is 0.811 bits per heavy atom. The van der Waals surface area contributed by atoms with E-state index in [-0.39, 0.29) is 12.8 Å². The number of aliphatic hydroxyl groups is 7. The van der Waals surface area contributed by atoms with Gasteiger partial charge in [0.15, 0.2) is 6.29 Å². The van der Waals surface area contributed by atoms with Crippen LogP contribution in [0, 0.1) is 0 Å². The van der Waals surface area contributed by atoms with Crippen LogP contribution in [0.4, 0.5) is 0 Å². The van der Waals surface area contributed by atoms with Crippen LogP contribution in [-0.4, -0.2) is 110 Å². The minimum Gasteiger partial charge on any atom is -0.394 e. The minimum atomic E-state index is -1.67. The summed E-state index contributed by atoms with van der Waals surface area (Å²) < 4.78 is 11.1. The topological polar surface area (TPSA) is 189 Å². The zero-order valence-electron chi connectivity index (χ0n) is 47.6. The van der Waals surface area contributed by atoms with Crippen molar-refractivity contribution in [3.05, 3.63) is 48.6 Å². The Hall–Kier alpha value is -1.93. The second-order valence-electron chi connectivity index (χ2n) is 21.7. The fourth-order valence-electron chi connectivity index (χ4n) is 9.76. The van der Waals surface area contributed by atoms with Crippen LogP contribution in [0.15, 0.2) is 48.6 Å². The average Bonchev–Trinajstić information content (AvgIpc) is 3.40. The number of carbonyl (C=O) groups is 1. The Kier molecular flexibility index (Phi) is 49.1. The molecule has 0 aromatic heterocycles. The summed E-state index contributed by atoms with van der Waals surface area (Å²) in [5, 5.41) is 76.1. The Bertz CT molecular complexity index is 1340. The van der Waals surface area contributed by atoms with Crippen LogP contribution in [-0.2, 0) is 14.3 Å². The molecule has 1 amide bonds. The van der Waals surface area contributed by atoms with Crippen molar-refractivity contribution in [3.8, 4) is 0 Å².